The first kappa shape index (κ1) is 18.5. The Balaban J connectivity index is 1.89. The average molecular weight is 366 g/mol. The zero-order valence-corrected chi connectivity index (χ0v) is 15.1. The Morgan fingerprint density at radius 3 is 2.74 bits per heavy atom. The molecule has 138 valence electrons. The molecule has 7 heteroatoms. The maximum atomic E-state index is 13.9. The fourth-order valence-electron chi connectivity index (χ4n) is 2.99. The van der Waals surface area contributed by atoms with Crippen LogP contribution < -0.4 is 10.3 Å². The zero-order valence-electron chi connectivity index (χ0n) is 15.1. The second-order valence-electron chi connectivity index (χ2n) is 6.24. The van der Waals surface area contributed by atoms with Crippen LogP contribution >= 0.6 is 0 Å². The predicted molar refractivity (Wildman–Crippen MR) is 99.7 cm³/mol. The molecule has 0 aliphatic carbocycles. The lowest BCUT2D eigenvalue weighted by Gasteiger charge is -2.19. The van der Waals surface area contributed by atoms with Crippen LogP contribution in [0.25, 0.3) is 10.9 Å². The summed E-state index contributed by atoms with van der Waals surface area (Å²) >= 11 is 0. The van der Waals surface area contributed by atoms with E-state index in [0.29, 0.717) is 29.8 Å². The van der Waals surface area contributed by atoms with Gasteiger partial charge in [0, 0.05) is 6.54 Å². The van der Waals surface area contributed by atoms with E-state index in [1.165, 1.54) is 17.7 Å². The van der Waals surface area contributed by atoms with Gasteiger partial charge in [-0.25, -0.2) is 9.37 Å². The summed E-state index contributed by atoms with van der Waals surface area (Å²) in [7, 11) is 3.27. The number of aromatic nitrogens is 2. The Morgan fingerprint density at radius 2 is 2.04 bits per heavy atom. The van der Waals surface area contributed by atoms with Crippen molar-refractivity contribution in [3.63, 3.8) is 0 Å². The molecule has 0 radical (unpaired) electrons. The number of ether oxygens (including phenoxy) is 1. The van der Waals surface area contributed by atoms with E-state index in [4.69, 9.17) is 10.00 Å². The van der Waals surface area contributed by atoms with Crippen LogP contribution in [0.2, 0.25) is 0 Å². The fraction of sp³-hybridized carbons (Fsp3) is 0.250. The van der Waals surface area contributed by atoms with Crippen molar-refractivity contribution in [2.45, 2.75) is 19.6 Å². The monoisotopic (exact) mass is 366 g/mol. The summed E-state index contributed by atoms with van der Waals surface area (Å²) in [5.41, 5.74) is 1.13. The maximum absolute atomic E-state index is 13.9. The molecule has 1 aromatic heterocycles. The molecule has 6 nitrogen and oxygen atoms in total. The molecule has 0 aliphatic heterocycles. The smallest absolute Gasteiger partial charge is 0.262 e. The number of para-hydroxylation sites is 1. The standard InChI is InChI=1S/C20H19FN4O2/c1-24(12-14-7-8-18(27-2)16(21)11-14)13-19-23-17-6-4-3-5-15(17)20(26)25(19)10-9-22/h3-8,11H,10,12-13H2,1-2H3. The number of rotatable bonds is 6. The largest absolute Gasteiger partial charge is 0.494 e. The zero-order chi connectivity index (χ0) is 19.4. The van der Waals surface area contributed by atoms with Crippen LogP contribution in [0.3, 0.4) is 0 Å². The van der Waals surface area contributed by atoms with Gasteiger partial charge in [0.1, 0.15) is 12.4 Å². The molecule has 3 rings (SSSR count). The van der Waals surface area contributed by atoms with Gasteiger partial charge >= 0.3 is 0 Å². The lowest BCUT2D eigenvalue weighted by molar-refractivity contribution is 0.303. The van der Waals surface area contributed by atoms with Crippen LogP contribution in [0.4, 0.5) is 4.39 Å². The summed E-state index contributed by atoms with van der Waals surface area (Å²) in [4.78, 5) is 19.1. The van der Waals surface area contributed by atoms with Gasteiger partial charge in [-0.1, -0.05) is 18.2 Å². The van der Waals surface area contributed by atoms with Crippen LogP contribution in [0.1, 0.15) is 11.4 Å². The van der Waals surface area contributed by atoms with Gasteiger partial charge in [0.05, 0.1) is 30.6 Å². The highest BCUT2D eigenvalue weighted by Crippen LogP contribution is 2.19. The minimum absolute atomic E-state index is 0.0724. The summed E-state index contributed by atoms with van der Waals surface area (Å²) in [6.07, 6.45) is 0. The normalized spacial score (nSPS) is 10.9. The first-order valence-electron chi connectivity index (χ1n) is 8.40. The minimum Gasteiger partial charge on any atom is -0.494 e. The Labute approximate surface area is 156 Å². The second-order valence-corrected chi connectivity index (χ2v) is 6.24. The van der Waals surface area contributed by atoms with Crippen molar-refractivity contribution in [1.29, 1.82) is 5.26 Å². The van der Waals surface area contributed by atoms with Crippen molar-refractivity contribution in [2.75, 3.05) is 14.2 Å². The third-order valence-corrected chi connectivity index (χ3v) is 4.25. The molecule has 0 unspecified atom stereocenters. The van der Waals surface area contributed by atoms with Crippen molar-refractivity contribution >= 4 is 10.9 Å². The van der Waals surface area contributed by atoms with E-state index >= 15 is 0 Å². The number of fused-ring (bicyclic) bond motifs is 1. The molecule has 0 fully saturated rings. The highest BCUT2D eigenvalue weighted by molar-refractivity contribution is 5.77. The molecular formula is C20H19FN4O2. The lowest BCUT2D eigenvalue weighted by atomic mass is 10.2. The quantitative estimate of drug-likeness (QED) is 0.671. The van der Waals surface area contributed by atoms with Gasteiger partial charge in [-0.05, 0) is 36.9 Å². The Morgan fingerprint density at radius 1 is 1.26 bits per heavy atom. The van der Waals surface area contributed by atoms with Crippen LogP contribution in [0, 0.1) is 17.1 Å². The van der Waals surface area contributed by atoms with E-state index in [1.807, 2.05) is 24.1 Å². The van der Waals surface area contributed by atoms with Crippen LogP contribution in [-0.2, 0) is 19.6 Å². The molecule has 0 N–H and O–H groups in total. The van der Waals surface area contributed by atoms with Crippen molar-refractivity contribution < 1.29 is 9.13 Å². The van der Waals surface area contributed by atoms with Crippen LogP contribution in [0.5, 0.6) is 5.75 Å². The molecule has 3 aromatic rings. The van der Waals surface area contributed by atoms with Gasteiger partial charge in [-0.15, -0.1) is 0 Å². The van der Waals surface area contributed by atoms with Crippen molar-refractivity contribution in [1.82, 2.24) is 14.5 Å². The number of methoxy groups -OCH3 is 1. The van der Waals surface area contributed by atoms with E-state index in [1.54, 1.807) is 30.3 Å². The first-order valence-corrected chi connectivity index (χ1v) is 8.40. The Bertz CT molecular complexity index is 1070. The van der Waals surface area contributed by atoms with Gasteiger partial charge in [-0.3, -0.25) is 14.3 Å². The molecule has 0 bridgehead atoms. The molecule has 0 amide bonds. The SMILES string of the molecule is COc1ccc(CN(C)Cc2nc3ccccc3c(=O)n2CC#N)cc1F. The van der Waals surface area contributed by atoms with E-state index < -0.39 is 5.82 Å². The summed E-state index contributed by atoms with van der Waals surface area (Å²) in [5.74, 6) is 0.269. The molecule has 0 saturated carbocycles. The van der Waals surface area contributed by atoms with Crippen molar-refractivity contribution in [2.24, 2.45) is 0 Å². The number of hydrogen-bond donors (Lipinski definition) is 0. The Hall–Kier alpha value is -3.24. The highest BCUT2D eigenvalue weighted by Gasteiger charge is 2.13. The molecule has 0 atom stereocenters. The molecule has 0 spiro atoms. The van der Waals surface area contributed by atoms with Gasteiger partial charge < -0.3 is 4.74 Å². The number of nitriles is 1. The fourth-order valence-corrected chi connectivity index (χ4v) is 2.99. The Kier molecular flexibility index (Phi) is 5.48. The minimum atomic E-state index is -0.423. The third kappa shape index (κ3) is 3.96. The van der Waals surface area contributed by atoms with E-state index in [-0.39, 0.29) is 17.9 Å². The lowest BCUT2D eigenvalue weighted by Crippen LogP contribution is -2.29. The molecular weight excluding hydrogens is 347 g/mol. The average Bonchev–Trinajstić information content (AvgIpc) is 2.65. The van der Waals surface area contributed by atoms with Crippen LogP contribution in [0.15, 0.2) is 47.3 Å². The summed E-state index contributed by atoms with van der Waals surface area (Å²) < 4.78 is 20.2. The molecule has 1 heterocycles. The van der Waals surface area contributed by atoms with Gasteiger partial charge in [0.25, 0.3) is 5.56 Å². The van der Waals surface area contributed by atoms with Gasteiger partial charge in [0.15, 0.2) is 11.6 Å². The van der Waals surface area contributed by atoms with Gasteiger partial charge in [0.2, 0.25) is 0 Å². The molecule has 0 aliphatic rings. The highest BCUT2D eigenvalue weighted by atomic mass is 19.1. The van der Waals surface area contributed by atoms with Crippen LogP contribution in [-0.4, -0.2) is 28.6 Å². The maximum Gasteiger partial charge on any atom is 0.262 e. The summed E-state index contributed by atoms with van der Waals surface area (Å²) in [6.45, 7) is 0.725. The number of halogens is 1. The molecule has 0 saturated heterocycles. The topological polar surface area (TPSA) is 71.2 Å². The van der Waals surface area contributed by atoms with E-state index in [9.17, 15) is 9.18 Å². The third-order valence-electron chi connectivity index (χ3n) is 4.25. The van der Waals surface area contributed by atoms with E-state index in [0.717, 1.165) is 5.56 Å². The van der Waals surface area contributed by atoms with E-state index in [2.05, 4.69) is 4.98 Å². The summed E-state index contributed by atoms with van der Waals surface area (Å²) in [6, 6.07) is 13.9. The molecule has 27 heavy (non-hydrogen) atoms. The number of benzene rings is 2. The second kappa shape index (κ2) is 7.98. The predicted octanol–water partition coefficient (Wildman–Crippen LogP) is 2.70. The number of nitrogens with zero attached hydrogens (tertiary/aromatic N) is 4. The number of hydrogen-bond acceptors (Lipinski definition) is 5. The molecule has 2 aromatic carbocycles. The first-order chi connectivity index (χ1) is 13.0. The van der Waals surface area contributed by atoms with Gasteiger partial charge in [-0.2, -0.15) is 5.26 Å². The summed E-state index contributed by atoms with van der Waals surface area (Å²) in [5, 5.41) is 9.57. The van der Waals surface area contributed by atoms with Crippen molar-refractivity contribution in [3.8, 4) is 11.8 Å². The van der Waals surface area contributed by atoms with Crippen molar-refractivity contribution in [3.05, 3.63) is 70.0 Å².